The fourth-order valence-corrected chi connectivity index (χ4v) is 2.48. The Morgan fingerprint density at radius 1 is 1.08 bits per heavy atom. The van der Waals surface area contributed by atoms with Gasteiger partial charge in [0.05, 0.1) is 20.3 Å². The molecule has 0 aliphatic rings. The minimum atomic E-state index is 0. The van der Waals surface area contributed by atoms with Gasteiger partial charge in [-0.1, -0.05) is 42.5 Å². The summed E-state index contributed by atoms with van der Waals surface area (Å²) < 4.78 is 5.17. The molecule has 2 aromatic carbocycles. The third-order valence-corrected chi connectivity index (χ3v) is 3.93. The number of guanidine groups is 1. The van der Waals surface area contributed by atoms with Gasteiger partial charge >= 0.3 is 0 Å². The summed E-state index contributed by atoms with van der Waals surface area (Å²) in [6, 6.07) is 17.9. The maximum Gasteiger partial charge on any atom is 0.191 e. The Hall–Kier alpha value is -1.80. The second kappa shape index (κ2) is 12.5. The molecule has 0 heterocycles. The van der Waals surface area contributed by atoms with Gasteiger partial charge in [0.15, 0.2) is 5.96 Å². The van der Waals surface area contributed by atoms with Gasteiger partial charge in [-0.05, 0) is 30.2 Å². The van der Waals surface area contributed by atoms with Crippen LogP contribution in [0.2, 0.25) is 0 Å². The van der Waals surface area contributed by atoms with Crippen molar-refractivity contribution >= 4 is 29.9 Å². The number of nitrogens with one attached hydrogen (secondary N) is 2. The molecule has 1 unspecified atom stereocenters. The number of halogens is 1. The van der Waals surface area contributed by atoms with Gasteiger partial charge in [0.1, 0.15) is 5.75 Å². The fourth-order valence-electron chi connectivity index (χ4n) is 2.48. The Bertz CT molecular complexity index is 648. The molecule has 0 radical (unpaired) electrons. The minimum Gasteiger partial charge on any atom is -0.497 e. The number of hydrogen-bond donors (Lipinski definition) is 3. The number of ether oxygens (including phenoxy) is 1. The first-order valence-electron chi connectivity index (χ1n) is 8.57. The van der Waals surface area contributed by atoms with E-state index in [9.17, 15) is 5.11 Å². The average molecular weight is 469 g/mol. The van der Waals surface area contributed by atoms with Gasteiger partial charge in [-0.2, -0.15) is 0 Å². The maximum atomic E-state index is 9.67. The normalized spacial score (nSPS) is 12.0. The van der Waals surface area contributed by atoms with E-state index in [0.29, 0.717) is 13.1 Å². The van der Waals surface area contributed by atoms with Crippen molar-refractivity contribution in [3.8, 4) is 5.75 Å². The molecule has 0 aliphatic carbocycles. The van der Waals surface area contributed by atoms with Crippen molar-refractivity contribution in [1.29, 1.82) is 0 Å². The quantitative estimate of drug-likeness (QED) is 0.316. The number of nitrogens with zero attached hydrogens (tertiary/aromatic N) is 1. The first-order valence-corrected chi connectivity index (χ1v) is 8.57. The molecule has 26 heavy (non-hydrogen) atoms. The number of methoxy groups -OCH3 is 1. The predicted octanol–water partition coefficient (Wildman–Crippen LogP) is 3.14. The highest BCUT2D eigenvalue weighted by Crippen LogP contribution is 2.14. The predicted molar refractivity (Wildman–Crippen MR) is 117 cm³/mol. The molecular formula is C20H28IN3O2. The smallest absolute Gasteiger partial charge is 0.191 e. The van der Waals surface area contributed by atoms with Crippen LogP contribution in [0.25, 0.3) is 0 Å². The molecule has 6 heteroatoms. The summed E-state index contributed by atoms with van der Waals surface area (Å²) in [5, 5.41) is 16.2. The minimum absolute atomic E-state index is 0. The molecule has 0 saturated carbocycles. The second-order valence-corrected chi connectivity index (χ2v) is 5.71. The van der Waals surface area contributed by atoms with Crippen LogP contribution in [0.5, 0.6) is 5.75 Å². The van der Waals surface area contributed by atoms with Crippen LogP contribution in [0.15, 0.2) is 59.6 Å². The van der Waals surface area contributed by atoms with E-state index < -0.39 is 0 Å². The molecule has 0 spiro atoms. The third kappa shape index (κ3) is 7.21. The van der Waals surface area contributed by atoms with E-state index in [4.69, 9.17) is 4.74 Å². The maximum absolute atomic E-state index is 9.67. The van der Waals surface area contributed by atoms with Crippen LogP contribution in [0, 0.1) is 0 Å². The van der Waals surface area contributed by atoms with Crippen molar-refractivity contribution in [3.63, 3.8) is 0 Å². The van der Waals surface area contributed by atoms with Crippen molar-refractivity contribution in [3.05, 3.63) is 65.7 Å². The molecule has 0 amide bonds. The van der Waals surface area contributed by atoms with Crippen LogP contribution >= 0.6 is 24.0 Å². The molecule has 0 bridgehead atoms. The highest BCUT2D eigenvalue weighted by molar-refractivity contribution is 14.0. The largest absolute Gasteiger partial charge is 0.497 e. The van der Waals surface area contributed by atoms with Crippen molar-refractivity contribution in [2.24, 2.45) is 4.99 Å². The first kappa shape index (κ1) is 22.2. The highest BCUT2D eigenvalue weighted by atomic mass is 127. The van der Waals surface area contributed by atoms with Crippen LogP contribution < -0.4 is 15.4 Å². The van der Waals surface area contributed by atoms with Crippen LogP contribution in [-0.2, 0) is 6.54 Å². The fraction of sp³-hybridized carbons (Fsp3) is 0.350. The van der Waals surface area contributed by atoms with Crippen LogP contribution in [0.4, 0.5) is 0 Å². The third-order valence-electron chi connectivity index (χ3n) is 3.93. The van der Waals surface area contributed by atoms with E-state index in [2.05, 4.69) is 15.6 Å². The van der Waals surface area contributed by atoms with Gasteiger partial charge in [0.2, 0.25) is 0 Å². The summed E-state index contributed by atoms with van der Waals surface area (Å²) in [4.78, 5) is 4.61. The molecule has 0 fully saturated rings. The van der Waals surface area contributed by atoms with E-state index in [1.807, 2.05) is 61.5 Å². The zero-order valence-electron chi connectivity index (χ0n) is 15.3. The first-order chi connectivity index (χ1) is 12.3. The number of aliphatic hydroxyl groups is 1. The Balaban J connectivity index is 0.00000338. The highest BCUT2D eigenvalue weighted by Gasteiger charge is 2.10. The van der Waals surface area contributed by atoms with Crippen LogP contribution in [0.1, 0.15) is 24.0 Å². The molecule has 2 aromatic rings. The van der Waals surface area contributed by atoms with Gasteiger partial charge in [-0.15, -0.1) is 24.0 Å². The van der Waals surface area contributed by atoms with Crippen LogP contribution in [0.3, 0.4) is 0 Å². The summed E-state index contributed by atoms with van der Waals surface area (Å²) in [6.45, 7) is 4.10. The number of hydrogen-bond acceptors (Lipinski definition) is 3. The monoisotopic (exact) mass is 469 g/mol. The molecule has 1 atom stereocenters. The Morgan fingerprint density at radius 2 is 1.77 bits per heavy atom. The van der Waals surface area contributed by atoms with Crippen molar-refractivity contribution in [2.45, 2.75) is 19.4 Å². The lowest BCUT2D eigenvalue weighted by Crippen LogP contribution is -2.39. The summed E-state index contributed by atoms with van der Waals surface area (Å²) >= 11 is 0. The lowest BCUT2D eigenvalue weighted by molar-refractivity contribution is 0.265. The van der Waals surface area contributed by atoms with Crippen molar-refractivity contribution in [2.75, 3.05) is 26.8 Å². The Kier molecular flexibility index (Phi) is 10.7. The van der Waals surface area contributed by atoms with E-state index in [-0.39, 0.29) is 36.5 Å². The topological polar surface area (TPSA) is 65.9 Å². The number of aliphatic hydroxyl groups excluding tert-OH is 1. The zero-order chi connectivity index (χ0) is 17.9. The van der Waals surface area contributed by atoms with E-state index in [1.54, 1.807) is 7.11 Å². The van der Waals surface area contributed by atoms with Gasteiger partial charge in [0.25, 0.3) is 0 Å². The average Bonchev–Trinajstić information content (AvgIpc) is 2.67. The van der Waals surface area contributed by atoms with E-state index in [0.717, 1.165) is 29.4 Å². The molecule has 2 rings (SSSR count). The van der Waals surface area contributed by atoms with Crippen molar-refractivity contribution in [1.82, 2.24) is 10.6 Å². The molecule has 0 saturated heterocycles. The molecule has 0 aromatic heterocycles. The van der Waals surface area contributed by atoms with E-state index >= 15 is 0 Å². The van der Waals surface area contributed by atoms with Crippen molar-refractivity contribution < 1.29 is 9.84 Å². The number of benzene rings is 2. The summed E-state index contributed by atoms with van der Waals surface area (Å²) in [5.41, 5.74) is 2.23. The summed E-state index contributed by atoms with van der Waals surface area (Å²) in [7, 11) is 1.66. The molecular weight excluding hydrogens is 441 g/mol. The molecule has 0 aliphatic heterocycles. The summed E-state index contributed by atoms with van der Waals surface area (Å²) in [6.07, 6.45) is 0. The van der Waals surface area contributed by atoms with Crippen LogP contribution in [-0.4, -0.2) is 37.9 Å². The second-order valence-electron chi connectivity index (χ2n) is 5.71. The van der Waals surface area contributed by atoms with Gasteiger partial charge in [0, 0.05) is 19.0 Å². The van der Waals surface area contributed by atoms with Gasteiger partial charge in [-0.25, -0.2) is 4.99 Å². The number of rotatable bonds is 8. The van der Waals surface area contributed by atoms with Gasteiger partial charge in [-0.3, -0.25) is 0 Å². The summed E-state index contributed by atoms with van der Waals surface area (Å²) in [5.74, 6) is 1.62. The molecule has 3 N–H and O–H groups in total. The van der Waals surface area contributed by atoms with Gasteiger partial charge < -0.3 is 20.5 Å². The lowest BCUT2D eigenvalue weighted by Gasteiger charge is -2.18. The van der Waals surface area contributed by atoms with E-state index in [1.165, 1.54) is 0 Å². The molecule has 5 nitrogen and oxygen atoms in total. The molecule has 142 valence electrons. The lowest BCUT2D eigenvalue weighted by atomic mass is 10.0. The zero-order valence-corrected chi connectivity index (χ0v) is 17.6. The SMILES string of the molecule is CCNC(=NCc1ccc(OC)cc1)NCC(CO)c1ccccc1.I. The standard InChI is InChI=1S/C20H27N3O2.HI/c1-3-21-20(22-13-16-9-11-19(25-2)12-10-16)23-14-18(15-24)17-7-5-4-6-8-17;/h4-12,18,24H,3,13-15H2,1-2H3,(H2,21,22,23);1H. The number of aliphatic imine (C=N–C) groups is 1. The Morgan fingerprint density at radius 3 is 2.35 bits per heavy atom. The Labute approximate surface area is 172 Å².